The Morgan fingerprint density at radius 1 is 0.852 bits per heavy atom. The van der Waals surface area contributed by atoms with Gasteiger partial charge in [-0.25, -0.2) is 5.43 Å². The average Bonchev–Trinajstić information content (AvgIpc) is 3.57. The topological polar surface area (TPSA) is 86.6 Å². The van der Waals surface area contributed by atoms with Crippen molar-refractivity contribution in [1.29, 1.82) is 0 Å². The van der Waals surface area contributed by atoms with E-state index in [1.165, 1.54) is 25.7 Å². The standard InChI is InChI=1S/C20H25N7/c1-13(15-8-9-15)24-26-19-12-18(21-17-6-4-3-5-7-17)22-20(23-19)27-25-14(2)16-10-11-16/h3-7,12,15-16H,8-11H2,1-2H3,(H3,21,22,23,26,27). The molecule has 1 heterocycles. The smallest absolute Gasteiger partial charge is 0.247 e. The van der Waals surface area contributed by atoms with E-state index in [9.17, 15) is 0 Å². The molecule has 0 bridgehead atoms. The molecule has 140 valence electrons. The summed E-state index contributed by atoms with van der Waals surface area (Å²) in [4.78, 5) is 9.02. The molecule has 4 rings (SSSR count). The van der Waals surface area contributed by atoms with Gasteiger partial charge in [-0.05, 0) is 63.5 Å². The average molecular weight is 363 g/mol. The quantitative estimate of drug-likeness (QED) is 0.471. The lowest BCUT2D eigenvalue weighted by Crippen LogP contribution is -2.07. The molecule has 0 radical (unpaired) electrons. The van der Waals surface area contributed by atoms with Gasteiger partial charge in [-0.3, -0.25) is 5.43 Å². The summed E-state index contributed by atoms with van der Waals surface area (Å²) >= 11 is 0. The molecule has 3 N–H and O–H groups in total. The molecule has 7 nitrogen and oxygen atoms in total. The minimum atomic E-state index is 0.442. The van der Waals surface area contributed by atoms with Gasteiger partial charge in [-0.15, -0.1) is 0 Å². The van der Waals surface area contributed by atoms with E-state index >= 15 is 0 Å². The van der Waals surface area contributed by atoms with Crippen molar-refractivity contribution in [2.45, 2.75) is 39.5 Å². The molecule has 0 unspecified atom stereocenters. The van der Waals surface area contributed by atoms with Gasteiger partial charge in [0.05, 0.1) is 0 Å². The Morgan fingerprint density at radius 2 is 1.44 bits per heavy atom. The summed E-state index contributed by atoms with van der Waals surface area (Å²) in [6, 6.07) is 11.8. The molecule has 2 aromatic rings. The van der Waals surface area contributed by atoms with Crippen molar-refractivity contribution >= 4 is 34.7 Å². The van der Waals surface area contributed by atoms with Crippen molar-refractivity contribution in [1.82, 2.24) is 9.97 Å². The third-order valence-electron chi connectivity index (χ3n) is 4.79. The van der Waals surface area contributed by atoms with Crippen molar-refractivity contribution in [3.63, 3.8) is 0 Å². The van der Waals surface area contributed by atoms with Gasteiger partial charge in [-0.1, -0.05) is 18.2 Å². The summed E-state index contributed by atoms with van der Waals surface area (Å²) in [6.45, 7) is 4.09. The van der Waals surface area contributed by atoms with Gasteiger partial charge in [-0.2, -0.15) is 20.2 Å². The van der Waals surface area contributed by atoms with E-state index in [0.29, 0.717) is 29.4 Å². The van der Waals surface area contributed by atoms with Gasteiger partial charge in [0.15, 0.2) is 5.82 Å². The van der Waals surface area contributed by atoms with Crippen LogP contribution in [0, 0.1) is 11.8 Å². The van der Waals surface area contributed by atoms with Crippen LogP contribution in [-0.2, 0) is 0 Å². The monoisotopic (exact) mass is 363 g/mol. The summed E-state index contributed by atoms with van der Waals surface area (Å²) in [7, 11) is 0. The Hall–Kier alpha value is -2.96. The molecule has 0 aliphatic heterocycles. The molecule has 7 heteroatoms. The number of benzene rings is 1. The van der Waals surface area contributed by atoms with Crippen LogP contribution >= 0.6 is 0 Å². The third kappa shape index (κ3) is 5.03. The number of hydrazone groups is 2. The molecule has 0 saturated heterocycles. The Morgan fingerprint density at radius 3 is 2.07 bits per heavy atom. The predicted molar refractivity (Wildman–Crippen MR) is 111 cm³/mol. The van der Waals surface area contributed by atoms with E-state index in [2.05, 4.69) is 43.3 Å². The molecule has 0 amide bonds. The Kier molecular flexibility index (Phi) is 5.00. The SMILES string of the molecule is CC(=NNc1cc(Nc2ccccc2)nc(NN=C(C)C2CC2)n1)C1CC1. The zero-order chi connectivity index (χ0) is 18.6. The number of rotatable bonds is 8. The van der Waals surface area contributed by atoms with Crippen molar-refractivity contribution < 1.29 is 0 Å². The largest absolute Gasteiger partial charge is 0.340 e. The number of para-hydroxylation sites is 1. The molecule has 27 heavy (non-hydrogen) atoms. The summed E-state index contributed by atoms with van der Waals surface area (Å²) in [5.41, 5.74) is 9.23. The number of nitrogens with one attached hydrogen (secondary N) is 3. The highest BCUT2D eigenvalue weighted by Gasteiger charge is 2.25. The highest BCUT2D eigenvalue weighted by molar-refractivity contribution is 5.87. The first kappa shape index (κ1) is 17.5. The second kappa shape index (κ2) is 7.73. The zero-order valence-corrected chi connectivity index (χ0v) is 15.7. The second-order valence-electron chi connectivity index (χ2n) is 7.23. The molecule has 0 spiro atoms. The molecule has 2 aliphatic carbocycles. The number of hydrogen-bond donors (Lipinski definition) is 3. The van der Waals surface area contributed by atoms with Crippen molar-refractivity contribution in [2.75, 3.05) is 16.2 Å². The number of anilines is 4. The Labute approximate surface area is 159 Å². The van der Waals surface area contributed by atoms with E-state index in [-0.39, 0.29) is 0 Å². The van der Waals surface area contributed by atoms with Crippen LogP contribution in [0.5, 0.6) is 0 Å². The van der Waals surface area contributed by atoms with Crippen LogP contribution in [0.1, 0.15) is 39.5 Å². The van der Waals surface area contributed by atoms with Gasteiger partial charge in [0.25, 0.3) is 0 Å². The van der Waals surface area contributed by atoms with Crippen molar-refractivity contribution in [3.05, 3.63) is 36.4 Å². The fourth-order valence-corrected chi connectivity index (χ4v) is 2.76. The number of nitrogens with zero attached hydrogens (tertiary/aromatic N) is 4. The summed E-state index contributed by atoms with van der Waals surface area (Å²) in [6.07, 6.45) is 4.89. The lowest BCUT2D eigenvalue weighted by Gasteiger charge is -2.10. The minimum Gasteiger partial charge on any atom is -0.340 e. The maximum atomic E-state index is 4.53. The molecule has 1 aromatic carbocycles. The first-order valence-corrected chi connectivity index (χ1v) is 9.49. The molecule has 1 aromatic heterocycles. The van der Waals surface area contributed by atoms with E-state index in [0.717, 1.165) is 17.1 Å². The van der Waals surface area contributed by atoms with Crippen molar-refractivity contribution in [3.8, 4) is 0 Å². The molecule has 2 aliphatic rings. The van der Waals surface area contributed by atoms with Gasteiger partial charge >= 0.3 is 0 Å². The lowest BCUT2D eigenvalue weighted by atomic mass is 10.3. The Balaban J connectivity index is 1.54. The number of aromatic nitrogens is 2. The molecular formula is C20H25N7. The fourth-order valence-electron chi connectivity index (χ4n) is 2.76. The highest BCUT2D eigenvalue weighted by atomic mass is 15.4. The van der Waals surface area contributed by atoms with E-state index in [1.807, 2.05) is 43.3 Å². The first-order valence-electron chi connectivity index (χ1n) is 9.49. The molecule has 2 fully saturated rings. The van der Waals surface area contributed by atoms with Crippen LogP contribution in [0.15, 0.2) is 46.6 Å². The van der Waals surface area contributed by atoms with Crippen LogP contribution in [0.3, 0.4) is 0 Å². The van der Waals surface area contributed by atoms with Crippen LogP contribution in [-0.4, -0.2) is 21.4 Å². The lowest BCUT2D eigenvalue weighted by molar-refractivity contribution is 1.07. The van der Waals surface area contributed by atoms with Crippen molar-refractivity contribution in [2.24, 2.45) is 22.0 Å². The third-order valence-corrected chi connectivity index (χ3v) is 4.79. The fraction of sp³-hybridized carbons (Fsp3) is 0.400. The summed E-state index contributed by atoms with van der Waals surface area (Å²) < 4.78 is 0. The van der Waals surface area contributed by atoms with Gasteiger partial charge in [0.1, 0.15) is 5.82 Å². The maximum absolute atomic E-state index is 4.53. The van der Waals surface area contributed by atoms with Gasteiger partial charge in [0.2, 0.25) is 5.95 Å². The molecule has 0 atom stereocenters. The molecular weight excluding hydrogens is 338 g/mol. The molecule has 2 saturated carbocycles. The number of hydrogen-bond acceptors (Lipinski definition) is 7. The first-order chi connectivity index (χ1) is 13.2. The van der Waals surface area contributed by atoms with Crippen LogP contribution in [0.25, 0.3) is 0 Å². The van der Waals surface area contributed by atoms with Gasteiger partial charge < -0.3 is 5.32 Å². The maximum Gasteiger partial charge on any atom is 0.247 e. The highest BCUT2D eigenvalue weighted by Crippen LogP contribution is 2.31. The van der Waals surface area contributed by atoms with Crippen LogP contribution in [0.4, 0.5) is 23.3 Å². The van der Waals surface area contributed by atoms with E-state index < -0.39 is 0 Å². The van der Waals surface area contributed by atoms with Gasteiger partial charge in [0, 0.05) is 23.2 Å². The van der Waals surface area contributed by atoms with E-state index in [4.69, 9.17) is 0 Å². The van der Waals surface area contributed by atoms with Crippen LogP contribution < -0.4 is 16.2 Å². The Bertz CT molecular complexity index is 804. The predicted octanol–water partition coefficient (Wildman–Crippen LogP) is 4.62. The minimum absolute atomic E-state index is 0.442. The summed E-state index contributed by atoms with van der Waals surface area (Å²) in [5.74, 6) is 2.97. The van der Waals surface area contributed by atoms with E-state index in [1.54, 1.807) is 0 Å². The zero-order valence-electron chi connectivity index (χ0n) is 15.7. The summed E-state index contributed by atoms with van der Waals surface area (Å²) in [5, 5.41) is 12.2. The van der Waals surface area contributed by atoms with Crippen LogP contribution in [0.2, 0.25) is 0 Å². The normalized spacial score (nSPS) is 17.6. The second-order valence-corrected chi connectivity index (χ2v) is 7.23.